The van der Waals surface area contributed by atoms with Crippen LogP contribution in [0.25, 0.3) is 0 Å². The zero-order valence-electron chi connectivity index (χ0n) is 11.3. The van der Waals surface area contributed by atoms with Crippen molar-refractivity contribution in [3.8, 4) is 0 Å². The molecule has 1 saturated carbocycles. The maximum Gasteiger partial charge on any atom is 0.325 e. The first-order chi connectivity index (χ1) is 9.52. The molecule has 0 bridgehead atoms. The van der Waals surface area contributed by atoms with Crippen LogP contribution >= 0.6 is 15.9 Å². The normalized spacial score (nSPS) is 13.9. The number of nitrogens with two attached hydrogens (primary N) is 1. The molecule has 0 spiro atoms. The Bertz CT molecular complexity index is 529. The minimum absolute atomic E-state index is 0.0245. The molecule has 6 heteroatoms. The molecule has 2 rings (SSSR count). The number of halogens is 1. The number of ether oxygens (including phenoxy) is 1. The Morgan fingerprint density at radius 2 is 2.15 bits per heavy atom. The Hall–Kier alpha value is -1.56. The van der Waals surface area contributed by atoms with Gasteiger partial charge in [0.05, 0.1) is 12.2 Å². The van der Waals surface area contributed by atoms with Gasteiger partial charge in [0, 0.05) is 16.2 Å². The largest absolute Gasteiger partial charge is 0.465 e. The van der Waals surface area contributed by atoms with Crippen LogP contribution in [0.2, 0.25) is 0 Å². The van der Waals surface area contributed by atoms with Gasteiger partial charge in [-0.25, -0.2) is 0 Å². The minimum Gasteiger partial charge on any atom is -0.465 e. The number of carbonyl (C=O) groups excluding carboxylic acids is 2. The van der Waals surface area contributed by atoms with Gasteiger partial charge in [-0.05, 0) is 38.0 Å². The van der Waals surface area contributed by atoms with E-state index in [9.17, 15) is 9.59 Å². The molecule has 5 nitrogen and oxygen atoms in total. The topological polar surface area (TPSA) is 72.6 Å². The number of anilines is 1. The third-order valence-electron chi connectivity index (χ3n) is 3.10. The summed E-state index contributed by atoms with van der Waals surface area (Å²) in [7, 11) is 0. The van der Waals surface area contributed by atoms with Crippen molar-refractivity contribution in [3.05, 3.63) is 28.2 Å². The number of nitrogen functional groups attached to an aromatic ring is 1. The van der Waals surface area contributed by atoms with Crippen LogP contribution in [-0.4, -0.2) is 36.0 Å². The average Bonchev–Trinajstić information content (AvgIpc) is 3.23. The number of hydrogen-bond donors (Lipinski definition) is 1. The molecule has 20 heavy (non-hydrogen) atoms. The fourth-order valence-electron chi connectivity index (χ4n) is 1.97. The van der Waals surface area contributed by atoms with Gasteiger partial charge in [0.1, 0.15) is 6.54 Å². The Kier molecular flexibility index (Phi) is 4.65. The second-order valence-corrected chi connectivity index (χ2v) is 5.62. The predicted molar refractivity (Wildman–Crippen MR) is 79.2 cm³/mol. The number of hydrogen-bond acceptors (Lipinski definition) is 4. The van der Waals surface area contributed by atoms with E-state index in [1.807, 2.05) is 0 Å². The molecule has 108 valence electrons. The lowest BCUT2D eigenvalue weighted by molar-refractivity contribution is -0.144. The standard InChI is InChI=1S/C14H17BrN2O3/c1-2-20-13(18)8-17(10-4-5-10)14(19)11-7-9(15)3-6-12(11)16/h3,6-7,10H,2,4-5,8,16H2,1H3. The van der Waals surface area contributed by atoms with E-state index in [0.29, 0.717) is 17.9 Å². The SMILES string of the molecule is CCOC(=O)CN(C(=O)c1cc(Br)ccc1N)C1CC1. The first-order valence-electron chi connectivity index (χ1n) is 6.54. The van der Waals surface area contributed by atoms with Gasteiger partial charge in [0.25, 0.3) is 5.91 Å². The number of rotatable bonds is 5. The minimum atomic E-state index is -0.388. The first kappa shape index (κ1) is 14.8. The summed E-state index contributed by atoms with van der Waals surface area (Å²) < 4.78 is 5.70. The monoisotopic (exact) mass is 340 g/mol. The molecule has 1 aliphatic rings. The van der Waals surface area contributed by atoms with Crippen LogP contribution < -0.4 is 5.73 Å². The lowest BCUT2D eigenvalue weighted by Crippen LogP contribution is -2.38. The Balaban J connectivity index is 2.18. The summed E-state index contributed by atoms with van der Waals surface area (Å²) in [5.74, 6) is -0.610. The molecule has 0 aromatic heterocycles. The number of esters is 1. The van der Waals surface area contributed by atoms with Crippen LogP contribution in [0.4, 0.5) is 5.69 Å². The highest BCUT2D eigenvalue weighted by molar-refractivity contribution is 9.10. The summed E-state index contributed by atoms with van der Waals surface area (Å²) in [6.07, 6.45) is 1.83. The van der Waals surface area contributed by atoms with Crippen LogP contribution in [0.15, 0.2) is 22.7 Å². The molecule has 1 aromatic carbocycles. The molecule has 0 radical (unpaired) electrons. The first-order valence-corrected chi connectivity index (χ1v) is 7.33. The second-order valence-electron chi connectivity index (χ2n) is 4.70. The zero-order chi connectivity index (χ0) is 14.7. The van der Waals surface area contributed by atoms with Crippen LogP contribution in [-0.2, 0) is 9.53 Å². The summed E-state index contributed by atoms with van der Waals surface area (Å²) in [4.78, 5) is 25.7. The molecule has 1 fully saturated rings. The van der Waals surface area contributed by atoms with Gasteiger partial charge < -0.3 is 15.4 Å². The number of carbonyl (C=O) groups is 2. The number of nitrogens with zero attached hydrogens (tertiary/aromatic N) is 1. The van der Waals surface area contributed by atoms with E-state index in [4.69, 9.17) is 10.5 Å². The van der Waals surface area contributed by atoms with Gasteiger partial charge in [-0.3, -0.25) is 9.59 Å². The quantitative estimate of drug-likeness (QED) is 0.658. The molecule has 1 aliphatic carbocycles. The van der Waals surface area contributed by atoms with Crippen LogP contribution in [0.1, 0.15) is 30.1 Å². The van der Waals surface area contributed by atoms with Gasteiger partial charge in [-0.1, -0.05) is 15.9 Å². The van der Waals surface area contributed by atoms with Gasteiger partial charge in [-0.15, -0.1) is 0 Å². The van der Waals surface area contributed by atoms with Gasteiger partial charge in [0.15, 0.2) is 0 Å². The predicted octanol–water partition coefficient (Wildman–Crippen LogP) is 2.20. The fourth-order valence-corrected chi connectivity index (χ4v) is 2.33. The van der Waals surface area contributed by atoms with E-state index in [1.54, 1.807) is 30.0 Å². The molecule has 0 unspecified atom stereocenters. The molecule has 0 heterocycles. The van der Waals surface area contributed by atoms with Crippen LogP contribution in [0.3, 0.4) is 0 Å². The van der Waals surface area contributed by atoms with Crippen molar-refractivity contribution in [3.63, 3.8) is 0 Å². The van der Waals surface area contributed by atoms with Crippen molar-refractivity contribution in [2.45, 2.75) is 25.8 Å². The summed E-state index contributed by atoms with van der Waals surface area (Å²) in [5.41, 5.74) is 6.68. The van der Waals surface area contributed by atoms with E-state index >= 15 is 0 Å². The van der Waals surface area contributed by atoms with E-state index in [0.717, 1.165) is 17.3 Å². The smallest absolute Gasteiger partial charge is 0.325 e. The Morgan fingerprint density at radius 1 is 1.45 bits per heavy atom. The van der Waals surface area contributed by atoms with E-state index in [-0.39, 0.29) is 24.5 Å². The molecular weight excluding hydrogens is 324 g/mol. The van der Waals surface area contributed by atoms with E-state index < -0.39 is 0 Å². The average molecular weight is 341 g/mol. The third kappa shape index (κ3) is 3.50. The zero-order valence-corrected chi connectivity index (χ0v) is 12.9. The highest BCUT2D eigenvalue weighted by atomic mass is 79.9. The van der Waals surface area contributed by atoms with E-state index in [1.165, 1.54) is 0 Å². The third-order valence-corrected chi connectivity index (χ3v) is 3.59. The molecule has 1 aromatic rings. The van der Waals surface area contributed by atoms with Gasteiger partial charge in [0.2, 0.25) is 0 Å². The van der Waals surface area contributed by atoms with Crippen molar-refractivity contribution in [1.29, 1.82) is 0 Å². The summed E-state index contributed by atoms with van der Waals surface area (Å²) in [5, 5.41) is 0. The summed E-state index contributed by atoms with van der Waals surface area (Å²) >= 11 is 3.32. The second kappa shape index (κ2) is 6.26. The number of amides is 1. The van der Waals surface area contributed by atoms with Gasteiger partial charge in [-0.2, -0.15) is 0 Å². The maximum atomic E-state index is 12.6. The Morgan fingerprint density at radius 3 is 2.75 bits per heavy atom. The fraction of sp³-hybridized carbons (Fsp3) is 0.429. The van der Waals surface area contributed by atoms with Crippen molar-refractivity contribution in [2.75, 3.05) is 18.9 Å². The molecule has 0 aliphatic heterocycles. The molecule has 2 N–H and O–H groups in total. The molecular formula is C14H17BrN2O3. The summed E-state index contributed by atoms with van der Waals surface area (Å²) in [6, 6.07) is 5.24. The molecule has 0 atom stereocenters. The van der Waals surface area contributed by atoms with Gasteiger partial charge >= 0.3 is 5.97 Å². The van der Waals surface area contributed by atoms with Crippen LogP contribution in [0.5, 0.6) is 0 Å². The van der Waals surface area contributed by atoms with Crippen molar-refractivity contribution in [1.82, 2.24) is 4.90 Å². The van der Waals surface area contributed by atoms with Crippen molar-refractivity contribution < 1.29 is 14.3 Å². The van der Waals surface area contributed by atoms with Crippen molar-refractivity contribution in [2.24, 2.45) is 0 Å². The number of benzene rings is 1. The van der Waals surface area contributed by atoms with E-state index in [2.05, 4.69) is 15.9 Å². The van der Waals surface area contributed by atoms with Crippen LogP contribution in [0, 0.1) is 0 Å². The van der Waals surface area contributed by atoms with Crippen molar-refractivity contribution >= 4 is 33.5 Å². The molecule has 1 amide bonds. The lowest BCUT2D eigenvalue weighted by atomic mass is 10.1. The molecule has 0 saturated heterocycles. The highest BCUT2D eigenvalue weighted by Gasteiger charge is 2.35. The summed E-state index contributed by atoms with van der Waals surface area (Å²) in [6.45, 7) is 2.03. The Labute approximate surface area is 126 Å². The highest BCUT2D eigenvalue weighted by Crippen LogP contribution is 2.30. The maximum absolute atomic E-state index is 12.6. The lowest BCUT2D eigenvalue weighted by Gasteiger charge is -2.22.